The maximum Gasteiger partial charge on any atom is 0.180 e. The fourth-order valence-electron chi connectivity index (χ4n) is 4.07. The minimum Gasteiger partial charge on any atom is -0.372 e. The smallest absolute Gasteiger partial charge is 0.180 e. The molecule has 3 aromatic heterocycles. The Morgan fingerprint density at radius 2 is 1.90 bits per heavy atom. The Balaban J connectivity index is 0.00000106. The molecule has 1 atom stereocenters. The number of fused-ring (bicyclic) bond motifs is 1. The third kappa shape index (κ3) is 4.10. The third-order valence-electron chi connectivity index (χ3n) is 5.55. The van der Waals surface area contributed by atoms with Crippen molar-refractivity contribution in [3.8, 4) is 11.3 Å². The third-order valence-corrected chi connectivity index (χ3v) is 5.55. The summed E-state index contributed by atoms with van der Waals surface area (Å²) in [5.74, 6) is 0.808. The highest BCUT2D eigenvalue weighted by Gasteiger charge is 2.17. The predicted molar refractivity (Wildman–Crippen MR) is 121 cm³/mol. The van der Waals surface area contributed by atoms with E-state index in [0.29, 0.717) is 0 Å². The summed E-state index contributed by atoms with van der Waals surface area (Å²) in [6.07, 6.45) is 21.3. The van der Waals surface area contributed by atoms with Crippen LogP contribution in [-0.4, -0.2) is 48.2 Å². The largest absolute Gasteiger partial charge is 0.372 e. The Bertz CT molecular complexity index is 1040. The van der Waals surface area contributed by atoms with E-state index in [1.165, 1.54) is 38.0 Å². The number of rotatable bonds is 4. The fourth-order valence-corrected chi connectivity index (χ4v) is 4.07. The van der Waals surface area contributed by atoms with Crippen molar-refractivity contribution >= 4 is 11.5 Å². The zero-order valence-electron chi connectivity index (χ0n) is 18.1. The van der Waals surface area contributed by atoms with Crippen LogP contribution in [0.1, 0.15) is 39.5 Å². The molecule has 7 nitrogen and oxygen atoms in total. The molecule has 4 heterocycles. The quantitative estimate of drug-likeness (QED) is 0.702. The van der Waals surface area contributed by atoms with Gasteiger partial charge in [-0.2, -0.15) is 5.10 Å². The first kappa shape index (κ1) is 20.2. The van der Waals surface area contributed by atoms with Gasteiger partial charge in [-0.1, -0.05) is 26.0 Å². The Labute approximate surface area is 178 Å². The van der Waals surface area contributed by atoms with Crippen molar-refractivity contribution in [3.05, 3.63) is 54.9 Å². The van der Waals surface area contributed by atoms with E-state index in [-0.39, 0.29) is 6.04 Å². The van der Waals surface area contributed by atoms with Gasteiger partial charge >= 0.3 is 0 Å². The van der Waals surface area contributed by atoms with Gasteiger partial charge in [0.2, 0.25) is 0 Å². The highest BCUT2D eigenvalue weighted by Crippen LogP contribution is 2.25. The second kappa shape index (κ2) is 9.15. The lowest BCUT2D eigenvalue weighted by Crippen LogP contribution is -2.30. The lowest BCUT2D eigenvalue weighted by molar-refractivity contribution is 0.291. The second-order valence-electron chi connectivity index (χ2n) is 7.54. The Morgan fingerprint density at radius 1 is 1.07 bits per heavy atom. The van der Waals surface area contributed by atoms with Crippen LogP contribution >= 0.6 is 0 Å². The molecular formula is C23H31N7. The molecule has 0 amide bonds. The normalized spacial score (nSPS) is 18.7. The Kier molecular flexibility index (Phi) is 6.16. The van der Waals surface area contributed by atoms with E-state index in [1.807, 2.05) is 51.9 Å². The van der Waals surface area contributed by atoms with E-state index >= 15 is 0 Å². The molecule has 1 N–H and O–H groups in total. The molecule has 1 saturated heterocycles. The van der Waals surface area contributed by atoms with Crippen LogP contribution in [-0.2, 0) is 7.05 Å². The minimum absolute atomic E-state index is 0.228. The molecule has 0 radical (unpaired) electrons. The second-order valence-corrected chi connectivity index (χ2v) is 7.54. The molecule has 2 aliphatic rings. The number of aromatic nitrogens is 5. The van der Waals surface area contributed by atoms with Gasteiger partial charge in [0.25, 0.3) is 0 Å². The molecule has 5 rings (SSSR count). The monoisotopic (exact) mass is 405 g/mol. The average molecular weight is 406 g/mol. The molecule has 1 unspecified atom stereocenters. The number of piperidine rings is 1. The number of anilines is 1. The van der Waals surface area contributed by atoms with Gasteiger partial charge in [-0.3, -0.25) is 9.08 Å². The SMILES string of the molecule is CC.Cn1cc(-c2cnc3c(NC4C=CC(N5CCCCC5)=CC4)nccn23)cn1. The molecule has 158 valence electrons. The molecule has 0 aromatic carbocycles. The molecule has 30 heavy (non-hydrogen) atoms. The van der Waals surface area contributed by atoms with Gasteiger partial charge < -0.3 is 10.2 Å². The summed E-state index contributed by atoms with van der Waals surface area (Å²) in [7, 11) is 1.92. The summed E-state index contributed by atoms with van der Waals surface area (Å²) in [4.78, 5) is 11.7. The molecule has 0 spiro atoms. The van der Waals surface area contributed by atoms with E-state index in [2.05, 4.69) is 47.9 Å². The van der Waals surface area contributed by atoms with Crippen molar-refractivity contribution in [1.29, 1.82) is 0 Å². The van der Waals surface area contributed by atoms with Gasteiger partial charge in [0.15, 0.2) is 11.5 Å². The number of aryl methyl sites for hydroxylation is 1. The van der Waals surface area contributed by atoms with E-state index < -0.39 is 0 Å². The number of nitrogens with one attached hydrogen (secondary N) is 1. The summed E-state index contributed by atoms with van der Waals surface area (Å²) < 4.78 is 3.86. The van der Waals surface area contributed by atoms with Crippen LogP contribution in [0.2, 0.25) is 0 Å². The zero-order chi connectivity index (χ0) is 20.9. The highest BCUT2D eigenvalue weighted by atomic mass is 15.2. The van der Waals surface area contributed by atoms with Crippen LogP contribution in [0.25, 0.3) is 16.9 Å². The Hall–Kier alpha value is -3.09. The first-order valence-corrected chi connectivity index (χ1v) is 11.0. The topological polar surface area (TPSA) is 63.3 Å². The van der Waals surface area contributed by atoms with Crippen LogP contribution in [0.15, 0.2) is 54.9 Å². The molecule has 1 fully saturated rings. The first-order chi connectivity index (χ1) is 14.8. The van der Waals surface area contributed by atoms with E-state index in [9.17, 15) is 0 Å². The van der Waals surface area contributed by atoms with Gasteiger partial charge in [0.05, 0.1) is 18.1 Å². The summed E-state index contributed by atoms with van der Waals surface area (Å²) in [6, 6.07) is 0.228. The van der Waals surface area contributed by atoms with E-state index in [4.69, 9.17) is 0 Å². The van der Waals surface area contributed by atoms with Crippen molar-refractivity contribution in [2.45, 2.75) is 45.6 Å². The van der Waals surface area contributed by atoms with Crippen molar-refractivity contribution in [2.75, 3.05) is 18.4 Å². The summed E-state index contributed by atoms with van der Waals surface area (Å²) in [5, 5.41) is 7.82. The van der Waals surface area contributed by atoms with Crippen LogP contribution in [0.5, 0.6) is 0 Å². The number of nitrogens with zero attached hydrogens (tertiary/aromatic N) is 6. The molecule has 3 aromatic rings. The van der Waals surface area contributed by atoms with Crippen LogP contribution in [0.4, 0.5) is 5.82 Å². The van der Waals surface area contributed by atoms with Gasteiger partial charge in [-0.25, -0.2) is 9.97 Å². The molecule has 1 aliphatic heterocycles. The summed E-state index contributed by atoms with van der Waals surface area (Å²) >= 11 is 0. The van der Waals surface area contributed by atoms with Gasteiger partial charge in [0, 0.05) is 56.0 Å². The number of allylic oxidation sites excluding steroid dienone is 1. The summed E-state index contributed by atoms with van der Waals surface area (Å²) in [6.45, 7) is 6.36. The van der Waals surface area contributed by atoms with Crippen LogP contribution in [0.3, 0.4) is 0 Å². The fraction of sp³-hybridized carbons (Fsp3) is 0.435. The van der Waals surface area contributed by atoms with Crippen LogP contribution < -0.4 is 5.32 Å². The Morgan fingerprint density at radius 3 is 2.60 bits per heavy atom. The zero-order valence-corrected chi connectivity index (χ0v) is 18.1. The van der Waals surface area contributed by atoms with Crippen molar-refractivity contribution in [3.63, 3.8) is 0 Å². The number of hydrogen-bond acceptors (Lipinski definition) is 5. The minimum atomic E-state index is 0.228. The standard InChI is InChI=1S/C21H25N7.C2H6/c1-26-15-16(13-24-26)19-14-23-21-20(22-9-12-28(19)21)25-17-5-7-18(8-6-17)27-10-3-2-4-11-27;1-2/h5,7-9,12-15,17H,2-4,6,10-11H2,1H3,(H,22,25);1-2H3. The van der Waals surface area contributed by atoms with E-state index in [0.717, 1.165) is 29.1 Å². The maximum absolute atomic E-state index is 4.61. The van der Waals surface area contributed by atoms with Gasteiger partial charge in [0.1, 0.15) is 0 Å². The van der Waals surface area contributed by atoms with E-state index in [1.54, 1.807) is 4.68 Å². The maximum atomic E-state index is 4.61. The molecule has 0 bridgehead atoms. The van der Waals surface area contributed by atoms with Gasteiger partial charge in [-0.05, 0) is 31.8 Å². The average Bonchev–Trinajstić information content (AvgIpc) is 3.43. The lowest BCUT2D eigenvalue weighted by Gasteiger charge is -2.31. The van der Waals surface area contributed by atoms with Crippen molar-refractivity contribution < 1.29 is 0 Å². The number of imidazole rings is 1. The molecular weight excluding hydrogens is 374 g/mol. The van der Waals surface area contributed by atoms with Crippen LogP contribution in [0, 0.1) is 0 Å². The first-order valence-electron chi connectivity index (χ1n) is 11.0. The summed E-state index contributed by atoms with van der Waals surface area (Å²) in [5.41, 5.74) is 4.25. The molecule has 7 heteroatoms. The predicted octanol–water partition coefficient (Wildman–Crippen LogP) is 4.27. The lowest BCUT2D eigenvalue weighted by atomic mass is 10.0. The van der Waals surface area contributed by atoms with Gasteiger partial charge in [-0.15, -0.1) is 0 Å². The van der Waals surface area contributed by atoms with Crippen molar-refractivity contribution in [2.24, 2.45) is 7.05 Å². The molecule has 1 aliphatic carbocycles. The highest BCUT2D eigenvalue weighted by molar-refractivity contribution is 5.70. The number of likely N-dealkylation sites (tertiary alicyclic amines) is 1. The van der Waals surface area contributed by atoms with Crippen molar-refractivity contribution in [1.82, 2.24) is 29.0 Å². The number of hydrogen-bond donors (Lipinski definition) is 1. The molecule has 0 saturated carbocycles.